The molecular weight excluding hydrogens is 226 g/mol. The van der Waals surface area contributed by atoms with E-state index < -0.39 is 0 Å². The van der Waals surface area contributed by atoms with Crippen LogP contribution in [0.4, 0.5) is 0 Å². The van der Waals surface area contributed by atoms with E-state index in [1.807, 2.05) is 4.90 Å². The van der Waals surface area contributed by atoms with Gasteiger partial charge in [0.05, 0.1) is 0 Å². The monoisotopic (exact) mass is 253 g/mol. The first kappa shape index (κ1) is 15.2. The van der Waals surface area contributed by atoms with E-state index in [1.54, 1.807) is 6.92 Å². The molecule has 0 spiro atoms. The zero-order chi connectivity index (χ0) is 13.5. The molecule has 0 aliphatic carbocycles. The van der Waals surface area contributed by atoms with E-state index in [9.17, 15) is 9.59 Å². The van der Waals surface area contributed by atoms with E-state index in [2.05, 4.69) is 13.8 Å². The van der Waals surface area contributed by atoms with Crippen molar-refractivity contribution in [2.45, 2.75) is 71.8 Å². The maximum atomic E-state index is 12.5. The first-order valence-corrected chi connectivity index (χ1v) is 7.40. The van der Waals surface area contributed by atoms with Gasteiger partial charge < -0.3 is 4.90 Å². The molecule has 0 aromatic carbocycles. The van der Waals surface area contributed by atoms with Gasteiger partial charge in [-0.3, -0.25) is 9.59 Å². The number of likely N-dealkylation sites (tertiary alicyclic amines) is 1. The lowest BCUT2D eigenvalue weighted by Crippen LogP contribution is -2.44. The summed E-state index contributed by atoms with van der Waals surface area (Å²) < 4.78 is 0. The van der Waals surface area contributed by atoms with Crippen molar-refractivity contribution >= 4 is 11.7 Å². The molecule has 1 heterocycles. The van der Waals surface area contributed by atoms with Gasteiger partial charge in [-0.25, -0.2) is 0 Å². The van der Waals surface area contributed by atoms with Gasteiger partial charge in [0, 0.05) is 24.9 Å². The molecular formula is C15H27NO2. The van der Waals surface area contributed by atoms with Gasteiger partial charge in [0.2, 0.25) is 5.91 Å². The Morgan fingerprint density at radius 2 is 1.83 bits per heavy atom. The minimum absolute atomic E-state index is 0.137. The van der Waals surface area contributed by atoms with Gasteiger partial charge >= 0.3 is 0 Å². The molecule has 0 N–H and O–H groups in total. The van der Waals surface area contributed by atoms with Crippen molar-refractivity contribution in [3.63, 3.8) is 0 Å². The minimum atomic E-state index is 0.137. The Labute approximate surface area is 111 Å². The summed E-state index contributed by atoms with van der Waals surface area (Å²) in [4.78, 5) is 25.9. The summed E-state index contributed by atoms with van der Waals surface area (Å²) in [7, 11) is 0. The van der Waals surface area contributed by atoms with Crippen molar-refractivity contribution in [1.29, 1.82) is 0 Å². The molecule has 0 radical (unpaired) electrons. The Morgan fingerprint density at radius 3 is 2.39 bits per heavy atom. The number of hydrogen-bond acceptors (Lipinski definition) is 2. The zero-order valence-electron chi connectivity index (χ0n) is 12.1. The van der Waals surface area contributed by atoms with E-state index >= 15 is 0 Å². The van der Waals surface area contributed by atoms with Crippen LogP contribution in [0.5, 0.6) is 0 Å². The predicted molar refractivity (Wildman–Crippen MR) is 73.3 cm³/mol. The standard InChI is InChI=1S/C15H27NO2/c1-4-13(5-2)15(18)16-10-8-6-7-9-14(16)11-12(3)17/h13-14H,4-11H2,1-3H3. The summed E-state index contributed by atoms with van der Waals surface area (Å²) in [5.74, 6) is 0.606. The third-order valence-electron chi connectivity index (χ3n) is 4.02. The Kier molecular flexibility index (Phi) is 6.37. The molecule has 1 aliphatic rings. The lowest BCUT2D eigenvalue weighted by Gasteiger charge is -2.32. The molecule has 1 aliphatic heterocycles. The maximum absolute atomic E-state index is 12.5. The molecule has 1 fully saturated rings. The molecule has 1 rings (SSSR count). The van der Waals surface area contributed by atoms with Crippen molar-refractivity contribution in [1.82, 2.24) is 4.90 Å². The lowest BCUT2D eigenvalue weighted by atomic mass is 9.98. The summed E-state index contributed by atoms with van der Waals surface area (Å²) in [6, 6.07) is 0.151. The van der Waals surface area contributed by atoms with Crippen molar-refractivity contribution < 1.29 is 9.59 Å². The summed E-state index contributed by atoms with van der Waals surface area (Å²) in [6.07, 6.45) is 6.74. The van der Waals surface area contributed by atoms with Gasteiger partial charge in [0.15, 0.2) is 0 Å². The fourth-order valence-corrected chi connectivity index (χ4v) is 2.88. The summed E-state index contributed by atoms with van der Waals surface area (Å²) in [6.45, 7) is 6.62. The first-order chi connectivity index (χ1) is 8.60. The predicted octanol–water partition coefficient (Wildman–Crippen LogP) is 3.17. The molecule has 0 bridgehead atoms. The Balaban J connectivity index is 2.77. The van der Waals surface area contributed by atoms with Crippen molar-refractivity contribution in [2.24, 2.45) is 5.92 Å². The van der Waals surface area contributed by atoms with Crippen LogP contribution >= 0.6 is 0 Å². The molecule has 1 amide bonds. The van der Waals surface area contributed by atoms with Crippen molar-refractivity contribution in [2.75, 3.05) is 6.54 Å². The fraction of sp³-hybridized carbons (Fsp3) is 0.867. The average Bonchev–Trinajstić information content (AvgIpc) is 2.55. The molecule has 0 aromatic rings. The minimum Gasteiger partial charge on any atom is -0.339 e. The Morgan fingerprint density at radius 1 is 1.17 bits per heavy atom. The second kappa shape index (κ2) is 7.55. The van der Waals surface area contributed by atoms with Gasteiger partial charge in [0.25, 0.3) is 0 Å². The SMILES string of the molecule is CCC(CC)C(=O)N1CCCCCC1CC(C)=O. The lowest BCUT2D eigenvalue weighted by molar-refractivity contribution is -0.138. The van der Waals surface area contributed by atoms with Crippen LogP contribution in [0.3, 0.4) is 0 Å². The molecule has 0 aromatic heterocycles. The van der Waals surface area contributed by atoms with E-state index in [-0.39, 0.29) is 23.7 Å². The summed E-state index contributed by atoms with van der Waals surface area (Å²) in [5, 5.41) is 0. The fourth-order valence-electron chi connectivity index (χ4n) is 2.88. The Hall–Kier alpha value is -0.860. The highest BCUT2D eigenvalue weighted by molar-refractivity contribution is 5.81. The van der Waals surface area contributed by atoms with Crippen LogP contribution in [0, 0.1) is 5.92 Å². The highest BCUT2D eigenvalue weighted by Crippen LogP contribution is 2.23. The molecule has 3 nitrogen and oxygen atoms in total. The van der Waals surface area contributed by atoms with Gasteiger partial charge in [-0.2, -0.15) is 0 Å². The largest absolute Gasteiger partial charge is 0.339 e. The third-order valence-corrected chi connectivity index (χ3v) is 4.02. The number of ketones is 1. The molecule has 3 heteroatoms. The van der Waals surface area contributed by atoms with Gasteiger partial charge in [-0.15, -0.1) is 0 Å². The van der Waals surface area contributed by atoms with E-state index in [4.69, 9.17) is 0 Å². The molecule has 1 atom stereocenters. The second-order valence-electron chi connectivity index (χ2n) is 5.45. The number of nitrogens with zero attached hydrogens (tertiary/aromatic N) is 1. The van der Waals surface area contributed by atoms with Gasteiger partial charge in [0.1, 0.15) is 5.78 Å². The van der Waals surface area contributed by atoms with E-state index in [0.29, 0.717) is 6.42 Å². The first-order valence-electron chi connectivity index (χ1n) is 7.40. The zero-order valence-corrected chi connectivity index (χ0v) is 12.1. The molecule has 1 unspecified atom stereocenters. The number of hydrogen-bond donors (Lipinski definition) is 0. The number of Topliss-reactive ketones (excluding diaryl/α,β-unsaturated/α-hetero) is 1. The number of carbonyl (C=O) groups excluding carboxylic acids is 2. The van der Waals surface area contributed by atoms with Gasteiger partial charge in [-0.05, 0) is 32.6 Å². The number of carbonyl (C=O) groups is 2. The summed E-state index contributed by atoms with van der Waals surface area (Å²) >= 11 is 0. The second-order valence-corrected chi connectivity index (χ2v) is 5.45. The number of rotatable bonds is 5. The molecule has 104 valence electrons. The third kappa shape index (κ3) is 4.11. The molecule has 0 saturated carbocycles. The van der Waals surface area contributed by atoms with Crippen molar-refractivity contribution in [3.8, 4) is 0 Å². The van der Waals surface area contributed by atoms with Crippen LogP contribution in [-0.2, 0) is 9.59 Å². The summed E-state index contributed by atoms with van der Waals surface area (Å²) in [5.41, 5.74) is 0. The van der Waals surface area contributed by atoms with Crippen LogP contribution < -0.4 is 0 Å². The highest BCUT2D eigenvalue weighted by Gasteiger charge is 2.29. The quantitative estimate of drug-likeness (QED) is 0.754. The van der Waals surface area contributed by atoms with Crippen LogP contribution in [-0.4, -0.2) is 29.2 Å². The Bertz CT molecular complexity index is 284. The van der Waals surface area contributed by atoms with E-state index in [1.165, 1.54) is 6.42 Å². The van der Waals surface area contributed by atoms with Crippen LogP contribution in [0.15, 0.2) is 0 Å². The van der Waals surface area contributed by atoms with Crippen LogP contribution in [0.25, 0.3) is 0 Å². The average molecular weight is 253 g/mol. The molecule has 1 saturated heterocycles. The highest BCUT2D eigenvalue weighted by atomic mass is 16.2. The van der Waals surface area contributed by atoms with Crippen LogP contribution in [0.2, 0.25) is 0 Å². The topological polar surface area (TPSA) is 37.4 Å². The van der Waals surface area contributed by atoms with Crippen molar-refractivity contribution in [3.05, 3.63) is 0 Å². The van der Waals surface area contributed by atoms with Gasteiger partial charge in [-0.1, -0.05) is 26.7 Å². The number of amides is 1. The normalized spacial score (nSPS) is 20.9. The smallest absolute Gasteiger partial charge is 0.225 e. The van der Waals surface area contributed by atoms with Crippen LogP contribution in [0.1, 0.15) is 65.7 Å². The van der Waals surface area contributed by atoms with E-state index in [0.717, 1.165) is 38.6 Å². The maximum Gasteiger partial charge on any atom is 0.225 e. The molecule has 18 heavy (non-hydrogen) atoms.